The molecule has 0 amide bonds. The number of thiophene rings is 1. The van der Waals surface area contributed by atoms with Crippen LogP contribution in [-0.4, -0.2) is 0 Å². The van der Waals surface area contributed by atoms with Gasteiger partial charge in [0.1, 0.15) is 11.5 Å². The van der Waals surface area contributed by atoms with E-state index in [1.165, 1.54) is 53.6 Å². The molecule has 1 aliphatic heterocycles. The third kappa shape index (κ3) is 2.08. The summed E-state index contributed by atoms with van der Waals surface area (Å²) in [5, 5.41) is 2.56. The van der Waals surface area contributed by atoms with E-state index in [0.29, 0.717) is 0 Å². The number of fused-ring (bicyclic) bond motifs is 12. The van der Waals surface area contributed by atoms with E-state index in [-0.39, 0.29) is 5.41 Å². The second-order valence-electron chi connectivity index (χ2n) is 8.88. The molecule has 0 bridgehead atoms. The molecule has 1 aromatic heterocycles. The molecule has 6 aromatic rings. The van der Waals surface area contributed by atoms with Gasteiger partial charge in [0.2, 0.25) is 0 Å². The predicted octanol–water partition coefficient (Wildman–Crippen LogP) is 8.52. The Labute approximate surface area is 195 Å². The molecule has 5 aromatic carbocycles. The van der Waals surface area contributed by atoms with Crippen LogP contribution >= 0.6 is 11.3 Å². The Hall–Kier alpha value is -3.88. The van der Waals surface area contributed by atoms with E-state index in [0.717, 1.165) is 11.5 Å². The van der Waals surface area contributed by atoms with Crippen LogP contribution in [0.15, 0.2) is 109 Å². The van der Waals surface area contributed by atoms with Crippen molar-refractivity contribution in [2.24, 2.45) is 0 Å². The summed E-state index contributed by atoms with van der Waals surface area (Å²) in [5.74, 6) is 1.90. The zero-order chi connectivity index (χ0) is 21.6. The molecule has 33 heavy (non-hydrogen) atoms. The Balaban J connectivity index is 1.59. The summed E-state index contributed by atoms with van der Waals surface area (Å²) >= 11 is 1.86. The monoisotopic (exact) mass is 438 g/mol. The highest BCUT2D eigenvalue weighted by Gasteiger charge is 2.51. The molecule has 0 saturated carbocycles. The minimum absolute atomic E-state index is 0.387. The Kier molecular flexibility index (Phi) is 3.27. The van der Waals surface area contributed by atoms with Crippen molar-refractivity contribution in [1.29, 1.82) is 0 Å². The van der Waals surface area contributed by atoms with Gasteiger partial charge in [-0.05, 0) is 46.5 Å². The molecule has 1 aliphatic carbocycles. The summed E-state index contributed by atoms with van der Waals surface area (Å²) in [6.07, 6.45) is 0. The lowest BCUT2D eigenvalue weighted by Gasteiger charge is -2.39. The number of para-hydroxylation sites is 1. The van der Waals surface area contributed by atoms with Crippen molar-refractivity contribution in [3.63, 3.8) is 0 Å². The summed E-state index contributed by atoms with van der Waals surface area (Å²) in [4.78, 5) is 0. The molecule has 1 spiro atoms. The van der Waals surface area contributed by atoms with E-state index >= 15 is 0 Å². The fourth-order valence-electron chi connectivity index (χ4n) is 6.07. The number of hydrogen-bond donors (Lipinski definition) is 0. The van der Waals surface area contributed by atoms with Crippen LogP contribution in [0.1, 0.15) is 22.3 Å². The van der Waals surface area contributed by atoms with E-state index in [1.54, 1.807) is 0 Å². The summed E-state index contributed by atoms with van der Waals surface area (Å²) in [6, 6.07) is 39.7. The zero-order valence-corrected chi connectivity index (χ0v) is 18.5. The first kappa shape index (κ1) is 17.6. The van der Waals surface area contributed by atoms with Crippen LogP contribution < -0.4 is 4.74 Å². The first-order valence-corrected chi connectivity index (χ1v) is 12.1. The van der Waals surface area contributed by atoms with Gasteiger partial charge in [0.05, 0.1) is 5.41 Å². The summed E-state index contributed by atoms with van der Waals surface area (Å²) < 4.78 is 9.24. The van der Waals surface area contributed by atoms with Crippen molar-refractivity contribution >= 4 is 31.5 Å². The molecular weight excluding hydrogens is 420 g/mol. The number of rotatable bonds is 0. The number of hydrogen-bond acceptors (Lipinski definition) is 2. The van der Waals surface area contributed by atoms with Gasteiger partial charge in [0, 0.05) is 31.3 Å². The molecule has 0 unspecified atom stereocenters. The third-order valence-electron chi connectivity index (χ3n) is 7.35. The maximum atomic E-state index is 6.63. The first-order valence-electron chi connectivity index (χ1n) is 11.3. The van der Waals surface area contributed by atoms with E-state index in [9.17, 15) is 0 Å². The molecule has 0 radical (unpaired) electrons. The fraction of sp³-hybridized carbons (Fsp3) is 0.0323. The Morgan fingerprint density at radius 2 is 1.12 bits per heavy atom. The van der Waals surface area contributed by atoms with Crippen LogP contribution in [0.4, 0.5) is 0 Å². The lowest BCUT2D eigenvalue weighted by Crippen LogP contribution is -2.32. The largest absolute Gasteiger partial charge is 0.457 e. The first-order chi connectivity index (χ1) is 16.4. The van der Waals surface area contributed by atoms with Crippen molar-refractivity contribution < 1.29 is 4.74 Å². The molecule has 0 atom stereocenters. The minimum atomic E-state index is -0.387. The van der Waals surface area contributed by atoms with E-state index in [1.807, 2.05) is 11.3 Å². The van der Waals surface area contributed by atoms with Gasteiger partial charge in [-0.25, -0.2) is 0 Å². The van der Waals surface area contributed by atoms with Crippen LogP contribution in [0.25, 0.3) is 31.3 Å². The van der Waals surface area contributed by atoms with Gasteiger partial charge < -0.3 is 4.74 Å². The standard InChI is InChI=1S/C31H18OS/c1-4-12-23-19(9-1)20-10-2-5-13-24(20)31(23)25-14-6-7-15-27(25)32-28-17-22-21-11-3-8-16-29(21)33-30(22)18-26(28)31/h1-18H. The average molecular weight is 439 g/mol. The molecule has 154 valence electrons. The van der Waals surface area contributed by atoms with Crippen LogP contribution in [0, 0.1) is 0 Å². The van der Waals surface area contributed by atoms with Gasteiger partial charge in [0.15, 0.2) is 0 Å². The van der Waals surface area contributed by atoms with Crippen molar-refractivity contribution in [1.82, 2.24) is 0 Å². The second kappa shape index (κ2) is 6.12. The molecule has 0 fully saturated rings. The van der Waals surface area contributed by atoms with Crippen LogP contribution in [-0.2, 0) is 5.41 Å². The fourth-order valence-corrected chi connectivity index (χ4v) is 7.20. The van der Waals surface area contributed by atoms with Crippen molar-refractivity contribution in [2.45, 2.75) is 5.41 Å². The predicted molar refractivity (Wildman–Crippen MR) is 137 cm³/mol. The topological polar surface area (TPSA) is 9.23 Å². The molecule has 8 rings (SSSR count). The minimum Gasteiger partial charge on any atom is -0.457 e. The SMILES string of the molecule is c1ccc2c(c1)Oc1cc3c(cc1C21c2ccccc2-c2ccccc21)sc1ccccc13. The van der Waals surface area contributed by atoms with E-state index < -0.39 is 0 Å². The van der Waals surface area contributed by atoms with Gasteiger partial charge in [-0.1, -0.05) is 84.9 Å². The smallest absolute Gasteiger partial charge is 0.132 e. The molecule has 2 aliphatic rings. The number of ether oxygens (including phenoxy) is 1. The lowest BCUT2D eigenvalue weighted by molar-refractivity contribution is 0.437. The summed E-state index contributed by atoms with van der Waals surface area (Å²) in [5.41, 5.74) is 7.36. The van der Waals surface area contributed by atoms with Crippen LogP contribution in [0.3, 0.4) is 0 Å². The van der Waals surface area contributed by atoms with Crippen LogP contribution in [0.2, 0.25) is 0 Å². The molecular formula is C31H18OS. The third-order valence-corrected chi connectivity index (χ3v) is 8.48. The van der Waals surface area contributed by atoms with E-state index in [4.69, 9.17) is 4.74 Å². The van der Waals surface area contributed by atoms with Crippen LogP contribution in [0.5, 0.6) is 11.5 Å². The summed E-state index contributed by atoms with van der Waals surface area (Å²) in [7, 11) is 0. The quantitative estimate of drug-likeness (QED) is 0.230. The maximum absolute atomic E-state index is 6.63. The molecule has 0 N–H and O–H groups in total. The van der Waals surface area contributed by atoms with Crippen molar-refractivity contribution in [3.8, 4) is 22.6 Å². The molecule has 1 nitrogen and oxygen atoms in total. The highest BCUT2D eigenvalue weighted by molar-refractivity contribution is 7.25. The average Bonchev–Trinajstić information content (AvgIpc) is 3.37. The van der Waals surface area contributed by atoms with Gasteiger partial charge in [-0.3, -0.25) is 0 Å². The highest BCUT2D eigenvalue weighted by atomic mass is 32.1. The Morgan fingerprint density at radius 3 is 1.91 bits per heavy atom. The highest BCUT2D eigenvalue weighted by Crippen LogP contribution is 2.62. The Morgan fingerprint density at radius 1 is 0.485 bits per heavy atom. The Bertz CT molecular complexity index is 1710. The zero-order valence-electron chi connectivity index (χ0n) is 17.7. The van der Waals surface area contributed by atoms with Gasteiger partial charge in [0.25, 0.3) is 0 Å². The normalized spacial score (nSPS) is 14.5. The molecule has 2 heteroatoms. The van der Waals surface area contributed by atoms with Gasteiger partial charge in [-0.15, -0.1) is 11.3 Å². The van der Waals surface area contributed by atoms with E-state index in [2.05, 4.69) is 109 Å². The maximum Gasteiger partial charge on any atom is 0.132 e. The van der Waals surface area contributed by atoms with Crippen molar-refractivity contribution in [2.75, 3.05) is 0 Å². The molecule has 2 heterocycles. The molecule has 0 saturated heterocycles. The van der Waals surface area contributed by atoms with Gasteiger partial charge in [-0.2, -0.15) is 0 Å². The number of benzene rings is 5. The lowest BCUT2D eigenvalue weighted by atomic mass is 9.66. The summed E-state index contributed by atoms with van der Waals surface area (Å²) in [6.45, 7) is 0. The van der Waals surface area contributed by atoms with Crippen molar-refractivity contribution in [3.05, 3.63) is 131 Å². The second-order valence-corrected chi connectivity index (χ2v) is 9.97. The van der Waals surface area contributed by atoms with Gasteiger partial charge >= 0.3 is 0 Å².